The molecule has 0 saturated carbocycles. The smallest absolute Gasteiger partial charge is 0.304 e. The van der Waals surface area contributed by atoms with Crippen LogP contribution in [0, 0.1) is 19.7 Å². The fourth-order valence-electron chi connectivity index (χ4n) is 6.02. The lowest BCUT2D eigenvalue weighted by atomic mass is 9.90. The predicted octanol–water partition coefficient (Wildman–Crippen LogP) is 6.44. The van der Waals surface area contributed by atoms with Gasteiger partial charge in [-0.2, -0.15) is 0 Å². The largest absolute Gasteiger partial charge is 0.492 e. The van der Waals surface area contributed by atoms with Gasteiger partial charge in [0.2, 0.25) is 0 Å². The van der Waals surface area contributed by atoms with Crippen LogP contribution in [0.4, 0.5) is 4.39 Å². The van der Waals surface area contributed by atoms with Gasteiger partial charge in [0, 0.05) is 42.6 Å². The van der Waals surface area contributed by atoms with Crippen molar-refractivity contribution in [2.75, 3.05) is 6.61 Å². The van der Waals surface area contributed by atoms with Crippen LogP contribution >= 0.6 is 0 Å². The number of rotatable bonds is 8. The van der Waals surface area contributed by atoms with Crippen LogP contribution in [0.15, 0.2) is 54.9 Å². The van der Waals surface area contributed by atoms with E-state index in [1.165, 1.54) is 6.07 Å². The van der Waals surface area contributed by atoms with Gasteiger partial charge in [-0.3, -0.25) is 4.79 Å². The Morgan fingerprint density at radius 2 is 1.95 bits per heavy atom. The molecule has 1 N–H and O–H groups in total. The van der Waals surface area contributed by atoms with Crippen LogP contribution in [0.5, 0.6) is 17.2 Å². The SMILES string of the molecule is Cc1cc(OCc2nccn2C)cc(C)c1-c1ccc(F)c2c1CC[C@H]2Oc1ccc2c(c1)OCC2CC(=O)O. The summed E-state index contributed by atoms with van der Waals surface area (Å²) in [6.45, 7) is 4.81. The molecule has 0 saturated heterocycles. The minimum Gasteiger partial charge on any atom is -0.492 e. The van der Waals surface area contributed by atoms with Crippen molar-refractivity contribution in [3.8, 4) is 28.4 Å². The molecule has 0 amide bonds. The minimum absolute atomic E-state index is 0.0211. The van der Waals surface area contributed by atoms with Crippen molar-refractivity contribution < 1.29 is 28.5 Å². The van der Waals surface area contributed by atoms with Crippen molar-refractivity contribution >= 4 is 5.97 Å². The van der Waals surface area contributed by atoms with E-state index in [0.717, 1.165) is 45.0 Å². The van der Waals surface area contributed by atoms with E-state index < -0.39 is 12.1 Å². The number of benzene rings is 3. The number of hydrogen-bond acceptors (Lipinski definition) is 5. The molecule has 40 heavy (non-hydrogen) atoms. The molecular weight excluding hydrogens is 511 g/mol. The molecule has 2 atom stereocenters. The van der Waals surface area contributed by atoms with Gasteiger partial charge in [0.1, 0.15) is 41.6 Å². The summed E-state index contributed by atoms with van der Waals surface area (Å²) in [5.74, 6) is 1.53. The Kier molecular flexibility index (Phi) is 6.70. The van der Waals surface area contributed by atoms with Crippen LogP contribution < -0.4 is 14.2 Å². The molecule has 0 bridgehead atoms. The Morgan fingerprint density at radius 3 is 2.67 bits per heavy atom. The lowest BCUT2D eigenvalue weighted by Crippen LogP contribution is -2.07. The van der Waals surface area contributed by atoms with Gasteiger partial charge < -0.3 is 23.9 Å². The van der Waals surface area contributed by atoms with Gasteiger partial charge in [-0.1, -0.05) is 12.1 Å². The molecule has 0 spiro atoms. The van der Waals surface area contributed by atoms with E-state index in [4.69, 9.17) is 19.3 Å². The summed E-state index contributed by atoms with van der Waals surface area (Å²) in [4.78, 5) is 15.5. The fourth-order valence-corrected chi connectivity index (χ4v) is 6.02. The molecule has 1 aliphatic heterocycles. The molecular formula is C32H31FN2O5. The standard InChI is InChI=1S/C32H31FN2O5/c1-18-12-22(38-17-29-34-10-11-35(29)3)13-19(2)31(18)24-6-8-26(33)32-25(24)7-9-27(32)40-21-4-5-23-20(14-30(36)37)16-39-28(23)15-21/h4-6,8,10-13,15,20,27H,7,9,14,16-17H2,1-3H3,(H,36,37)/t20?,27-/m1/s1. The van der Waals surface area contributed by atoms with E-state index in [9.17, 15) is 4.79 Å². The lowest BCUT2D eigenvalue weighted by Gasteiger charge is -2.19. The highest BCUT2D eigenvalue weighted by atomic mass is 19.1. The van der Waals surface area contributed by atoms with Crippen molar-refractivity contribution in [3.05, 3.63) is 94.3 Å². The second kappa shape index (κ2) is 10.3. The zero-order chi connectivity index (χ0) is 28.0. The van der Waals surface area contributed by atoms with Crippen molar-refractivity contribution in [3.63, 3.8) is 0 Å². The van der Waals surface area contributed by atoms with E-state index >= 15 is 4.39 Å². The third-order valence-electron chi connectivity index (χ3n) is 7.91. The maximum Gasteiger partial charge on any atom is 0.304 e. The number of aromatic nitrogens is 2. The van der Waals surface area contributed by atoms with E-state index in [0.29, 0.717) is 43.1 Å². The zero-order valence-electron chi connectivity index (χ0n) is 22.7. The molecule has 0 fully saturated rings. The summed E-state index contributed by atoms with van der Waals surface area (Å²) in [5, 5.41) is 9.16. The first kappa shape index (κ1) is 25.9. The molecule has 8 heteroatoms. The van der Waals surface area contributed by atoms with E-state index in [1.807, 2.05) is 48.1 Å². The number of carbonyl (C=O) groups is 1. The predicted molar refractivity (Wildman–Crippen MR) is 147 cm³/mol. The molecule has 3 aromatic carbocycles. The second-order valence-electron chi connectivity index (χ2n) is 10.6. The number of aryl methyl sites for hydroxylation is 3. The summed E-state index contributed by atoms with van der Waals surface area (Å²) >= 11 is 0. The van der Waals surface area contributed by atoms with Gasteiger partial charge >= 0.3 is 5.97 Å². The van der Waals surface area contributed by atoms with Crippen molar-refractivity contribution in [2.45, 2.75) is 51.7 Å². The molecule has 2 heterocycles. The highest BCUT2D eigenvalue weighted by Crippen LogP contribution is 2.45. The van der Waals surface area contributed by atoms with Gasteiger partial charge in [0.05, 0.1) is 13.0 Å². The topological polar surface area (TPSA) is 82.8 Å². The van der Waals surface area contributed by atoms with Crippen LogP contribution in [0.1, 0.15) is 58.5 Å². The number of carboxylic acid groups (broad SMARTS) is 1. The number of hydrogen-bond donors (Lipinski definition) is 1. The highest BCUT2D eigenvalue weighted by molar-refractivity contribution is 5.76. The summed E-state index contributed by atoms with van der Waals surface area (Å²) in [7, 11) is 1.94. The molecule has 2 aliphatic rings. The number of aliphatic carboxylic acids is 1. The van der Waals surface area contributed by atoms with Crippen LogP contribution in [-0.4, -0.2) is 27.2 Å². The van der Waals surface area contributed by atoms with Crippen LogP contribution in [-0.2, 0) is 24.9 Å². The van der Waals surface area contributed by atoms with Crippen LogP contribution in [0.2, 0.25) is 0 Å². The molecule has 1 unspecified atom stereocenters. The average molecular weight is 543 g/mol. The Bertz CT molecular complexity index is 1590. The van der Waals surface area contributed by atoms with Gasteiger partial charge in [0.15, 0.2) is 0 Å². The maximum atomic E-state index is 15.3. The molecule has 1 aliphatic carbocycles. The van der Waals surface area contributed by atoms with E-state index in [1.54, 1.807) is 12.3 Å². The van der Waals surface area contributed by atoms with Gasteiger partial charge in [0.25, 0.3) is 0 Å². The Balaban J connectivity index is 1.25. The molecule has 6 rings (SSSR count). The molecule has 206 valence electrons. The molecule has 7 nitrogen and oxygen atoms in total. The molecule has 0 radical (unpaired) electrons. The summed E-state index contributed by atoms with van der Waals surface area (Å²) in [5.41, 5.74) is 6.64. The van der Waals surface area contributed by atoms with Gasteiger partial charge in [-0.05, 0) is 78.8 Å². The third-order valence-corrected chi connectivity index (χ3v) is 7.91. The van der Waals surface area contributed by atoms with Crippen LogP contribution in [0.3, 0.4) is 0 Å². The second-order valence-corrected chi connectivity index (χ2v) is 10.6. The van der Waals surface area contributed by atoms with Crippen molar-refractivity contribution in [1.29, 1.82) is 0 Å². The number of imidazole rings is 1. The Hall–Kier alpha value is -4.33. The quantitative estimate of drug-likeness (QED) is 0.276. The summed E-state index contributed by atoms with van der Waals surface area (Å²) in [6, 6.07) is 12.9. The first-order valence-corrected chi connectivity index (χ1v) is 13.5. The summed E-state index contributed by atoms with van der Waals surface area (Å²) < 4.78 is 35.3. The fraction of sp³-hybridized carbons (Fsp3) is 0.312. The minimum atomic E-state index is -0.854. The van der Waals surface area contributed by atoms with E-state index in [2.05, 4.69) is 18.8 Å². The van der Waals surface area contributed by atoms with E-state index in [-0.39, 0.29) is 18.2 Å². The average Bonchev–Trinajstić information content (AvgIpc) is 3.63. The first-order chi connectivity index (χ1) is 19.3. The number of carboxylic acids is 1. The molecule has 1 aromatic heterocycles. The Morgan fingerprint density at radius 1 is 1.15 bits per heavy atom. The van der Waals surface area contributed by atoms with Gasteiger partial charge in [-0.25, -0.2) is 9.37 Å². The van der Waals surface area contributed by atoms with Gasteiger partial charge in [-0.15, -0.1) is 0 Å². The Labute approximate surface area is 232 Å². The summed E-state index contributed by atoms with van der Waals surface area (Å²) in [6.07, 6.45) is 4.59. The number of nitrogens with zero attached hydrogens (tertiary/aromatic N) is 2. The third kappa shape index (κ3) is 4.78. The molecule has 4 aromatic rings. The highest BCUT2D eigenvalue weighted by Gasteiger charge is 2.32. The number of fused-ring (bicyclic) bond motifs is 2. The first-order valence-electron chi connectivity index (χ1n) is 13.5. The maximum absolute atomic E-state index is 15.3. The number of halogens is 1. The normalized spacial score (nSPS) is 17.3. The van der Waals surface area contributed by atoms with Crippen molar-refractivity contribution in [2.24, 2.45) is 7.05 Å². The lowest BCUT2D eigenvalue weighted by molar-refractivity contribution is -0.137. The van der Waals surface area contributed by atoms with Crippen molar-refractivity contribution in [1.82, 2.24) is 9.55 Å². The number of ether oxygens (including phenoxy) is 3. The zero-order valence-corrected chi connectivity index (χ0v) is 22.7. The monoisotopic (exact) mass is 542 g/mol. The van der Waals surface area contributed by atoms with Crippen LogP contribution in [0.25, 0.3) is 11.1 Å².